The molecule has 0 aliphatic carbocycles. The van der Waals surface area contributed by atoms with Crippen LogP contribution in [0.15, 0.2) is 18.2 Å². The second kappa shape index (κ2) is 4.43. The van der Waals surface area contributed by atoms with Crippen molar-refractivity contribution in [3.63, 3.8) is 0 Å². The zero-order valence-corrected chi connectivity index (χ0v) is 11.7. The number of aromatic nitrogens is 1. The summed E-state index contributed by atoms with van der Waals surface area (Å²) in [7, 11) is 0. The quantitative estimate of drug-likeness (QED) is 0.839. The van der Waals surface area contributed by atoms with Gasteiger partial charge in [0.2, 0.25) is 0 Å². The topological polar surface area (TPSA) is 42.2 Å². The molecule has 0 saturated carbocycles. The van der Waals surface area contributed by atoms with E-state index >= 15 is 0 Å². The highest BCUT2D eigenvalue weighted by Crippen LogP contribution is 2.37. The van der Waals surface area contributed by atoms with Crippen LogP contribution in [0.4, 0.5) is 10.8 Å². The number of anilines is 2. The molecule has 96 valence electrons. The van der Waals surface area contributed by atoms with Gasteiger partial charge in [-0.15, -0.1) is 0 Å². The van der Waals surface area contributed by atoms with E-state index in [1.807, 2.05) is 18.2 Å². The zero-order valence-electron chi connectivity index (χ0n) is 10.9. The molecule has 1 fully saturated rings. The number of thiazole rings is 1. The first-order valence-electron chi connectivity index (χ1n) is 6.63. The van der Waals surface area contributed by atoms with E-state index in [-0.39, 0.29) is 0 Å². The summed E-state index contributed by atoms with van der Waals surface area (Å²) >= 11 is 1.77. The lowest BCUT2D eigenvalue weighted by Gasteiger charge is -2.27. The fraction of sp³-hybridized carbons (Fsp3) is 0.500. The number of hydrogen-bond donors (Lipinski definition) is 1. The molecular weight excluding hydrogens is 242 g/mol. The van der Waals surface area contributed by atoms with Gasteiger partial charge in [-0.1, -0.05) is 18.3 Å². The molecule has 2 unspecified atom stereocenters. The van der Waals surface area contributed by atoms with Gasteiger partial charge in [0.25, 0.3) is 0 Å². The Morgan fingerprint density at radius 1 is 1.44 bits per heavy atom. The number of benzene rings is 1. The van der Waals surface area contributed by atoms with Crippen molar-refractivity contribution in [3.05, 3.63) is 18.2 Å². The van der Waals surface area contributed by atoms with Gasteiger partial charge in [-0.2, -0.15) is 0 Å². The number of fused-ring (bicyclic) bond motifs is 1. The smallest absolute Gasteiger partial charge is 0.186 e. The summed E-state index contributed by atoms with van der Waals surface area (Å²) in [5.74, 6) is 0. The van der Waals surface area contributed by atoms with Crippen molar-refractivity contribution in [3.8, 4) is 0 Å². The van der Waals surface area contributed by atoms with Crippen molar-refractivity contribution < 1.29 is 0 Å². The molecule has 1 aliphatic heterocycles. The van der Waals surface area contributed by atoms with Crippen molar-refractivity contribution in [2.24, 2.45) is 0 Å². The van der Waals surface area contributed by atoms with Crippen LogP contribution < -0.4 is 10.6 Å². The highest BCUT2D eigenvalue weighted by Gasteiger charge is 2.31. The molecule has 2 N–H and O–H groups in total. The van der Waals surface area contributed by atoms with E-state index in [0.29, 0.717) is 12.1 Å². The van der Waals surface area contributed by atoms with Crippen LogP contribution in [0.2, 0.25) is 0 Å². The summed E-state index contributed by atoms with van der Waals surface area (Å²) in [6.07, 6.45) is 3.76. The number of hydrogen-bond acceptors (Lipinski definition) is 4. The third-order valence-corrected chi connectivity index (χ3v) is 4.91. The molecule has 2 heterocycles. The van der Waals surface area contributed by atoms with Gasteiger partial charge in [-0.25, -0.2) is 4.98 Å². The fourth-order valence-corrected chi connectivity index (χ4v) is 4.05. The summed E-state index contributed by atoms with van der Waals surface area (Å²) in [5.41, 5.74) is 7.72. The number of nitrogens with zero attached hydrogens (tertiary/aromatic N) is 2. The Morgan fingerprint density at radius 3 is 3.06 bits per heavy atom. The molecule has 0 spiro atoms. The van der Waals surface area contributed by atoms with Crippen molar-refractivity contribution in [2.75, 3.05) is 10.6 Å². The lowest BCUT2D eigenvalue weighted by atomic mass is 10.2. The first-order chi connectivity index (χ1) is 8.69. The summed E-state index contributed by atoms with van der Waals surface area (Å²) in [6, 6.07) is 7.23. The van der Waals surface area contributed by atoms with Crippen LogP contribution in [-0.4, -0.2) is 17.1 Å². The maximum Gasteiger partial charge on any atom is 0.186 e. The average Bonchev–Trinajstić information content (AvgIpc) is 2.91. The van der Waals surface area contributed by atoms with E-state index in [0.717, 1.165) is 16.3 Å². The average molecular weight is 261 g/mol. The van der Waals surface area contributed by atoms with Crippen LogP contribution in [-0.2, 0) is 0 Å². The van der Waals surface area contributed by atoms with Crippen molar-refractivity contribution >= 4 is 32.4 Å². The Labute approximate surface area is 112 Å². The number of nitrogen functional groups attached to an aromatic ring is 1. The molecule has 1 aliphatic rings. The molecule has 1 aromatic carbocycles. The zero-order chi connectivity index (χ0) is 12.7. The molecular formula is C14H19N3S. The molecule has 2 atom stereocenters. The molecule has 1 aromatic heterocycles. The van der Waals surface area contributed by atoms with E-state index < -0.39 is 0 Å². The van der Waals surface area contributed by atoms with Gasteiger partial charge in [0, 0.05) is 17.8 Å². The van der Waals surface area contributed by atoms with Gasteiger partial charge in [0.1, 0.15) is 0 Å². The molecule has 0 radical (unpaired) electrons. The fourth-order valence-electron chi connectivity index (χ4n) is 2.86. The Kier molecular flexibility index (Phi) is 2.90. The second-order valence-electron chi connectivity index (χ2n) is 5.12. The molecule has 0 bridgehead atoms. The monoisotopic (exact) mass is 261 g/mol. The summed E-state index contributed by atoms with van der Waals surface area (Å²) < 4.78 is 1.19. The predicted molar refractivity (Wildman–Crippen MR) is 79.3 cm³/mol. The summed E-state index contributed by atoms with van der Waals surface area (Å²) in [6.45, 7) is 4.57. The van der Waals surface area contributed by atoms with Gasteiger partial charge < -0.3 is 10.6 Å². The standard InChI is InChI=1S/C14H19N3S/c1-3-11-6-4-9(2)17(11)14-16-12-7-5-10(15)8-13(12)18-14/h5,7-9,11H,3-4,6,15H2,1-2H3. The maximum absolute atomic E-state index is 5.83. The largest absolute Gasteiger partial charge is 0.399 e. The van der Waals surface area contributed by atoms with Crippen LogP contribution in [0.1, 0.15) is 33.1 Å². The molecule has 4 heteroatoms. The molecule has 0 amide bonds. The molecule has 18 heavy (non-hydrogen) atoms. The minimum atomic E-state index is 0.604. The minimum absolute atomic E-state index is 0.604. The lowest BCUT2D eigenvalue weighted by Crippen LogP contribution is -2.33. The first kappa shape index (κ1) is 11.8. The normalized spacial score (nSPS) is 24.0. The van der Waals surface area contributed by atoms with Crippen LogP contribution in [0.5, 0.6) is 0 Å². The Morgan fingerprint density at radius 2 is 2.28 bits per heavy atom. The van der Waals surface area contributed by atoms with Crippen molar-refractivity contribution in [1.29, 1.82) is 0 Å². The Balaban J connectivity index is 2.03. The van der Waals surface area contributed by atoms with Gasteiger partial charge in [0.15, 0.2) is 5.13 Å². The van der Waals surface area contributed by atoms with Gasteiger partial charge in [-0.05, 0) is 44.4 Å². The second-order valence-corrected chi connectivity index (χ2v) is 6.13. The summed E-state index contributed by atoms with van der Waals surface area (Å²) in [4.78, 5) is 7.27. The first-order valence-corrected chi connectivity index (χ1v) is 7.45. The van der Waals surface area contributed by atoms with E-state index in [1.165, 1.54) is 24.0 Å². The predicted octanol–water partition coefficient (Wildman–Crippen LogP) is 3.65. The summed E-state index contributed by atoms with van der Waals surface area (Å²) in [5, 5.41) is 1.16. The third kappa shape index (κ3) is 1.85. The van der Waals surface area contributed by atoms with Crippen LogP contribution in [0, 0.1) is 0 Å². The molecule has 3 rings (SSSR count). The van der Waals surface area contributed by atoms with E-state index in [2.05, 4.69) is 18.7 Å². The highest BCUT2D eigenvalue weighted by atomic mass is 32.1. The molecule has 1 saturated heterocycles. The van der Waals surface area contributed by atoms with Gasteiger partial charge in [-0.3, -0.25) is 0 Å². The van der Waals surface area contributed by atoms with E-state index in [1.54, 1.807) is 11.3 Å². The maximum atomic E-state index is 5.83. The third-order valence-electron chi connectivity index (χ3n) is 3.88. The van der Waals surface area contributed by atoms with Gasteiger partial charge >= 0.3 is 0 Å². The van der Waals surface area contributed by atoms with Gasteiger partial charge in [0.05, 0.1) is 10.2 Å². The van der Waals surface area contributed by atoms with Crippen molar-refractivity contribution in [1.82, 2.24) is 4.98 Å². The Hall–Kier alpha value is -1.29. The van der Waals surface area contributed by atoms with Crippen LogP contribution in [0.25, 0.3) is 10.2 Å². The minimum Gasteiger partial charge on any atom is -0.399 e. The highest BCUT2D eigenvalue weighted by molar-refractivity contribution is 7.22. The van der Waals surface area contributed by atoms with E-state index in [9.17, 15) is 0 Å². The Bertz CT molecular complexity index is 563. The molecule has 2 aromatic rings. The number of nitrogens with two attached hydrogens (primary N) is 1. The molecule has 3 nitrogen and oxygen atoms in total. The van der Waals surface area contributed by atoms with E-state index in [4.69, 9.17) is 10.7 Å². The van der Waals surface area contributed by atoms with Crippen molar-refractivity contribution in [2.45, 2.75) is 45.2 Å². The van der Waals surface area contributed by atoms with Crippen LogP contribution >= 0.6 is 11.3 Å². The lowest BCUT2D eigenvalue weighted by molar-refractivity contribution is 0.627. The number of rotatable bonds is 2. The SMILES string of the molecule is CCC1CCC(C)N1c1nc2ccc(N)cc2s1. The van der Waals surface area contributed by atoms with Crippen LogP contribution in [0.3, 0.4) is 0 Å².